The summed E-state index contributed by atoms with van der Waals surface area (Å²) in [6, 6.07) is 42.9. The molecule has 6 aromatic carbocycles. The van der Waals surface area contributed by atoms with Crippen LogP contribution in [0.1, 0.15) is 81.3 Å². The van der Waals surface area contributed by atoms with E-state index in [1.807, 2.05) is 42.5 Å². The van der Waals surface area contributed by atoms with Crippen molar-refractivity contribution in [2.24, 2.45) is 0 Å². The fraction of sp³-hybridized carbons (Fsp3) is 0.188. The normalized spacial score (nSPS) is 11.4. The molecule has 6 rings (SSSR count). The van der Waals surface area contributed by atoms with Gasteiger partial charge in [0.1, 0.15) is 11.0 Å². The van der Waals surface area contributed by atoms with Crippen molar-refractivity contribution in [2.75, 3.05) is 9.44 Å². The lowest BCUT2D eigenvalue weighted by molar-refractivity contribution is 0.0686. The van der Waals surface area contributed by atoms with Gasteiger partial charge in [-0.05, 0) is 138 Å². The summed E-state index contributed by atoms with van der Waals surface area (Å²) >= 11 is 0. The number of carboxylic acid groups (broad SMARTS) is 2. The molecular formula is C48H47N3O8S2. The maximum atomic E-state index is 12.9. The van der Waals surface area contributed by atoms with E-state index in [1.165, 1.54) is 12.1 Å². The highest BCUT2D eigenvalue weighted by Crippen LogP contribution is 2.28. The van der Waals surface area contributed by atoms with Gasteiger partial charge in [-0.15, -0.1) is 0 Å². The Morgan fingerprint density at radius 2 is 1.02 bits per heavy atom. The second-order valence-electron chi connectivity index (χ2n) is 15.0. The van der Waals surface area contributed by atoms with E-state index in [9.17, 15) is 26.4 Å². The zero-order valence-corrected chi connectivity index (χ0v) is 35.6. The standard InChI is InChI=1S/C26H29NO4S.C22H18N2O4S/c1-4-26(2,3)22-14-16-24(17-15-22)32(30,31)27-23-7-5-6-20(18-23)9-8-19-10-12-21(13-11-19)25(28)29;23-15-19-5-1-2-7-21(19)29(27,28)24-20-6-3-4-17(14-20)9-8-16-10-12-18(13-11-16)22(25)26/h5-7,10-18,27H,4,8-9H2,1-3H3,(H,28,29);1-7,10-14,24H,8-9H2,(H,25,26). The first kappa shape index (κ1) is 45.3. The summed E-state index contributed by atoms with van der Waals surface area (Å²) < 4.78 is 56.2. The minimum absolute atomic E-state index is 0.00199. The zero-order chi connectivity index (χ0) is 44.2. The molecule has 0 aliphatic carbocycles. The number of nitrogens with zero attached hydrogens (tertiary/aromatic N) is 1. The summed E-state index contributed by atoms with van der Waals surface area (Å²) in [5.41, 5.74) is 6.56. The van der Waals surface area contributed by atoms with Crippen molar-refractivity contribution in [3.8, 4) is 6.07 Å². The highest BCUT2D eigenvalue weighted by molar-refractivity contribution is 7.93. The van der Waals surface area contributed by atoms with Crippen molar-refractivity contribution in [2.45, 2.75) is 68.1 Å². The second-order valence-corrected chi connectivity index (χ2v) is 18.3. The summed E-state index contributed by atoms with van der Waals surface area (Å²) in [5, 5.41) is 27.1. The number of nitriles is 1. The molecule has 0 spiro atoms. The number of benzene rings is 6. The van der Waals surface area contributed by atoms with Gasteiger partial charge in [0.05, 0.1) is 21.6 Å². The Labute approximate surface area is 357 Å². The van der Waals surface area contributed by atoms with Crippen LogP contribution in [0, 0.1) is 11.3 Å². The summed E-state index contributed by atoms with van der Waals surface area (Å²) in [7, 11) is -7.57. The van der Waals surface area contributed by atoms with Gasteiger partial charge in [-0.25, -0.2) is 26.4 Å². The first-order chi connectivity index (χ1) is 29.0. The monoisotopic (exact) mass is 857 g/mol. The number of aromatic carboxylic acids is 2. The van der Waals surface area contributed by atoms with Crippen molar-refractivity contribution in [3.05, 3.63) is 190 Å². The molecule has 0 saturated carbocycles. The summed E-state index contributed by atoms with van der Waals surface area (Å²) in [6.45, 7) is 6.39. The quantitative estimate of drug-likeness (QED) is 0.0734. The molecule has 0 heterocycles. The van der Waals surface area contributed by atoms with Crippen LogP contribution in [-0.2, 0) is 51.1 Å². The largest absolute Gasteiger partial charge is 0.478 e. The third-order valence-electron chi connectivity index (χ3n) is 10.3. The summed E-state index contributed by atoms with van der Waals surface area (Å²) in [4.78, 5) is 22.0. The van der Waals surface area contributed by atoms with Gasteiger partial charge in [-0.1, -0.05) is 93.6 Å². The molecule has 0 radical (unpaired) electrons. The van der Waals surface area contributed by atoms with E-state index < -0.39 is 32.0 Å². The average Bonchev–Trinajstić information content (AvgIpc) is 3.25. The smallest absolute Gasteiger partial charge is 0.335 e. The number of carboxylic acids is 2. The van der Waals surface area contributed by atoms with Crippen molar-refractivity contribution < 1.29 is 36.6 Å². The molecule has 0 atom stereocenters. The number of hydrogen-bond donors (Lipinski definition) is 4. The third kappa shape index (κ3) is 12.6. The Kier molecular flexibility index (Phi) is 14.9. The van der Waals surface area contributed by atoms with Crippen LogP contribution in [-0.4, -0.2) is 39.0 Å². The molecule has 0 amide bonds. The Bertz CT molecular complexity index is 2740. The van der Waals surface area contributed by atoms with Crippen LogP contribution in [0.15, 0.2) is 155 Å². The van der Waals surface area contributed by atoms with Gasteiger partial charge in [0.2, 0.25) is 0 Å². The molecule has 0 aliphatic heterocycles. The fourth-order valence-electron chi connectivity index (χ4n) is 6.29. The number of carbonyl (C=O) groups is 2. The zero-order valence-electron chi connectivity index (χ0n) is 34.0. The molecule has 0 aliphatic rings. The number of nitrogens with one attached hydrogen (secondary N) is 2. The first-order valence-electron chi connectivity index (χ1n) is 19.5. The molecule has 0 bridgehead atoms. The Balaban J connectivity index is 0.000000232. The summed E-state index contributed by atoms with van der Waals surface area (Å²) in [5.74, 6) is -1.91. The highest BCUT2D eigenvalue weighted by Gasteiger charge is 2.21. The highest BCUT2D eigenvalue weighted by atomic mass is 32.2. The average molecular weight is 858 g/mol. The van der Waals surface area contributed by atoms with E-state index in [0.29, 0.717) is 30.6 Å². The number of aryl methyl sites for hydroxylation is 4. The molecule has 4 N–H and O–H groups in total. The Morgan fingerprint density at radius 3 is 1.46 bits per heavy atom. The lowest BCUT2D eigenvalue weighted by atomic mass is 9.82. The first-order valence-corrected chi connectivity index (χ1v) is 22.4. The molecule has 11 nitrogen and oxygen atoms in total. The van der Waals surface area contributed by atoms with Gasteiger partial charge in [-0.2, -0.15) is 5.26 Å². The topological polar surface area (TPSA) is 191 Å². The Morgan fingerprint density at radius 1 is 0.574 bits per heavy atom. The minimum atomic E-state index is -3.88. The predicted molar refractivity (Wildman–Crippen MR) is 237 cm³/mol. The van der Waals surface area contributed by atoms with Gasteiger partial charge in [0, 0.05) is 11.4 Å². The van der Waals surface area contributed by atoms with E-state index >= 15 is 0 Å². The molecule has 314 valence electrons. The minimum Gasteiger partial charge on any atom is -0.478 e. The van der Waals surface area contributed by atoms with Crippen LogP contribution in [0.3, 0.4) is 0 Å². The van der Waals surface area contributed by atoms with Crippen LogP contribution in [0.2, 0.25) is 0 Å². The molecule has 0 fully saturated rings. The summed E-state index contributed by atoms with van der Waals surface area (Å²) in [6.07, 6.45) is 3.76. The molecule has 0 unspecified atom stereocenters. The van der Waals surface area contributed by atoms with Crippen molar-refractivity contribution in [1.82, 2.24) is 0 Å². The predicted octanol–water partition coefficient (Wildman–Crippen LogP) is 9.50. The number of anilines is 2. The van der Waals surface area contributed by atoms with Crippen LogP contribution in [0.25, 0.3) is 0 Å². The van der Waals surface area contributed by atoms with Crippen LogP contribution in [0.4, 0.5) is 11.4 Å². The van der Waals surface area contributed by atoms with Crippen molar-refractivity contribution in [3.63, 3.8) is 0 Å². The maximum absolute atomic E-state index is 12.9. The van der Waals surface area contributed by atoms with E-state index in [2.05, 4.69) is 30.2 Å². The lowest BCUT2D eigenvalue weighted by Gasteiger charge is -2.23. The SMILES string of the molecule is CCC(C)(C)c1ccc(S(=O)(=O)Nc2cccc(CCc3ccc(C(=O)O)cc3)c2)cc1.N#Cc1ccccc1S(=O)(=O)Nc1cccc(CCc2ccc(C(=O)O)cc2)c1. The molecule has 6 aromatic rings. The van der Waals surface area contributed by atoms with Crippen LogP contribution < -0.4 is 9.44 Å². The Hall–Kier alpha value is -6.75. The lowest BCUT2D eigenvalue weighted by Crippen LogP contribution is -2.17. The maximum Gasteiger partial charge on any atom is 0.335 e. The van der Waals surface area contributed by atoms with Gasteiger partial charge in [0.25, 0.3) is 20.0 Å². The second kappa shape index (κ2) is 20.0. The van der Waals surface area contributed by atoms with Crippen molar-refractivity contribution in [1.29, 1.82) is 5.26 Å². The van der Waals surface area contributed by atoms with Gasteiger partial charge < -0.3 is 10.2 Å². The number of rotatable bonds is 16. The van der Waals surface area contributed by atoms with E-state index in [0.717, 1.165) is 40.7 Å². The molecular weight excluding hydrogens is 811 g/mol. The van der Waals surface area contributed by atoms with Crippen LogP contribution in [0.5, 0.6) is 0 Å². The number of hydrogen-bond acceptors (Lipinski definition) is 7. The van der Waals surface area contributed by atoms with E-state index in [4.69, 9.17) is 15.5 Å². The van der Waals surface area contributed by atoms with E-state index in [-0.39, 0.29) is 31.9 Å². The molecule has 13 heteroatoms. The third-order valence-corrected chi connectivity index (χ3v) is 13.1. The van der Waals surface area contributed by atoms with Gasteiger partial charge in [-0.3, -0.25) is 9.44 Å². The van der Waals surface area contributed by atoms with E-state index in [1.54, 1.807) is 97.1 Å². The van der Waals surface area contributed by atoms with Gasteiger partial charge in [0.15, 0.2) is 0 Å². The molecule has 61 heavy (non-hydrogen) atoms. The fourth-order valence-corrected chi connectivity index (χ4v) is 8.55. The van der Waals surface area contributed by atoms with Crippen LogP contribution >= 0.6 is 0 Å². The molecule has 0 saturated heterocycles. The van der Waals surface area contributed by atoms with Crippen molar-refractivity contribution >= 4 is 43.4 Å². The van der Waals surface area contributed by atoms with Gasteiger partial charge >= 0.3 is 11.9 Å². The number of sulfonamides is 2. The molecule has 0 aromatic heterocycles.